The molecular formula is C13H16F2N2O2. The number of halogens is 2. The van der Waals surface area contributed by atoms with Crippen LogP contribution < -0.4 is 20.5 Å². The molecule has 0 amide bonds. The molecular weight excluding hydrogens is 254 g/mol. The van der Waals surface area contributed by atoms with Crippen molar-refractivity contribution in [1.29, 1.82) is 0 Å². The number of hydrogen-bond acceptors (Lipinski definition) is 4. The minimum Gasteiger partial charge on any atom is -0.395 e. The number of rotatable bonds is 3. The number of benzene rings is 1. The molecule has 2 atom stereocenters. The summed E-state index contributed by atoms with van der Waals surface area (Å²) in [6.07, 6.45) is -0.264. The first-order valence-corrected chi connectivity index (χ1v) is 6.44. The number of anilines is 1. The van der Waals surface area contributed by atoms with Crippen LogP contribution in [-0.4, -0.2) is 18.9 Å². The van der Waals surface area contributed by atoms with Crippen LogP contribution in [0.4, 0.5) is 14.5 Å². The molecule has 2 unspecified atom stereocenters. The van der Waals surface area contributed by atoms with E-state index in [1.165, 1.54) is 6.07 Å². The number of hydrogen-bond donors (Lipinski definition) is 2. The first kappa shape index (κ1) is 12.5. The first-order chi connectivity index (χ1) is 9.07. The largest absolute Gasteiger partial charge is 0.586 e. The molecule has 1 aromatic rings. The van der Waals surface area contributed by atoms with E-state index in [0.717, 1.165) is 24.9 Å². The van der Waals surface area contributed by atoms with Crippen LogP contribution in [0.1, 0.15) is 19.3 Å². The lowest BCUT2D eigenvalue weighted by molar-refractivity contribution is -0.286. The summed E-state index contributed by atoms with van der Waals surface area (Å²) in [5, 5.41) is 3.34. The minimum absolute atomic E-state index is 0.0669. The quantitative estimate of drug-likeness (QED) is 0.886. The van der Waals surface area contributed by atoms with Crippen molar-refractivity contribution in [3.63, 3.8) is 0 Å². The van der Waals surface area contributed by atoms with E-state index in [1.807, 2.05) is 0 Å². The molecule has 1 heterocycles. The van der Waals surface area contributed by atoms with Crippen LogP contribution in [-0.2, 0) is 0 Å². The third-order valence-electron chi connectivity index (χ3n) is 3.72. The first-order valence-electron chi connectivity index (χ1n) is 6.44. The predicted molar refractivity (Wildman–Crippen MR) is 66.5 cm³/mol. The van der Waals surface area contributed by atoms with E-state index < -0.39 is 6.29 Å². The van der Waals surface area contributed by atoms with Crippen molar-refractivity contribution in [2.45, 2.75) is 31.6 Å². The Morgan fingerprint density at radius 3 is 2.84 bits per heavy atom. The smallest absolute Gasteiger partial charge is 0.395 e. The summed E-state index contributed by atoms with van der Waals surface area (Å²) in [7, 11) is 0. The fourth-order valence-corrected chi connectivity index (χ4v) is 2.76. The molecule has 0 spiro atoms. The highest BCUT2D eigenvalue weighted by Gasteiger charge is 2.43. The summed E-state index contributed by atoms with van der Waals surface area (Å²) in [5.41, 5.74) is 6.47. The summed E-state index contributed by atoms with van der Waals surface area (Å²) in [4.78, 5) is 0. The average molecular weight is 270 g/mol. The molecule has 6 heteroatoms. The van der Waals surface area contributed by atoms with Crippen molar-refractivity contribution in [3.05, 3.63) is 18.2 Å². The topological polar surface area (TPSA) is 56.5 Å². The summed E-state index contributed by atoms with van der Waals surface area (Å²) in [6.45, 7) is 0.639. The SMILES string of the molecule is NCC1CCCC1Nc1ccc2c(c1)OC(F)(F)O2. The highest BCUT2D eigenvalue weighted by Crippen LogP contribution is 2.42. The molecule has 1 aliphatic carbocycles. The molecule has 3 rings (SSSR count). The van der Waals surface area contributed by atoms with Crippen LogP contribution in [0.3, 0.4) is 0 Å². The molecule has 0 bridgehead atoms. The summed E-state index contributed by atoms with van der Waals surface area (Å²) in [5.74, 6) is 0.571. The Labute approximate surface area is 109 Å². The molecule has 0 radical (unpaired) electrons. The standard InChI is InChI=1S/C13H16F2N2O2/c14-13(15)18-11-5-4-9(6-12(11)19-13)17-10-3-1-2-8(10)7-16/h4-6,8,10,17H,1-3,7,16H2. The number of ether oxygens (including phenoxy) is 2. The van der Waals surface area contributed by atoms with E-state index in [-0.39, 0.29) is 11.5 Å². The van der Waals surface area contributed by atoms with Crippen LogP contribution in [0.15, 0.2) is 18.2 Å². The Kier molecular flexibility index (Phi) is 2.97. The van der Waals surface area contributed by atoms with E-state index in [1.54, 1.807) is 12.1 Å². The lowest BCUT2D eigenvalue weighted by Gasteiger charge is -2.20. The molecule has 4 nitrogen and oxygen atoms in total. The third-order valence-corrected chi connectivity index (χ3v) is 3.72. The maximum atomic E-state index is 12.9. The molecule has 1 aromatic carbocycles. The Morgan fingerprint density at radius 2 is 2.05 bits per heavy atom. The summed E-state index contributed by atoms with van der Waals surface area (Å²) < 4.78 is 34.6. The second kappa shape index (κ2) is 4.52. The van der Waals surface area contributed by atoms with Gasteiger partial charge in [-0.2, -0.15) is 0 Å². The Balaban J connectivity index is 1.74. The van der Waals surface area contributed by atoms with Gasteiger partial charge in [-0.05, 0) is 37.4 Å². The van der Waals surface area contributed by atoms with Crippen LogP contribution in [0.5, 0.6) is 11.5 Å². The van der Waals surface area contributed by atoms with Gasteiger partial charge in [0.1, 0.15) is 0 Å². The van der Waals surface area contributed by atoms with Crippen molar-refractivity contribution in [1.82, 2.24) is 0 Å². The number of nitrogens with two attached hydrogens (primary N) is 1. The molecule has 0 aromatic heterocycles. The van der Waals surface area contributed by atoms with Gasteiger partial charge in [0.25, 0.3) is 0 Å². The number of alkyl halides is 2. The summed E-state index contributed by atoms with van der Waals surface area (Å²) >= 11 is 0. The number of nitrogens with one attached hydrogen (secondary N) is 1. The molecule has 1 saturated carbocycles. The van der Waals surface area contributed by atoms with E-state index in [4.69, 9.17) is 5.73 Å². The molecule has 3 N–H and O–H groups in total. The lowest BCUT2D eigenvalue weighted by atomic mass is 10.0. The second-order valence-electron chi connectivity index (χ2n) is 5.01. The van der Waals surface area contributed by atoms with Gasteiger partial charge in [-0.3, -0.25) is 0 Å². The lowest BCUT2D eigenvalue weighted by Crippen LogP contribution is -2.29. The Morgan fingerprint density at radius 1 is 1.26 bits per heavy atom. The molecule has 1 fully saturated rings. The number of fused-ring (bicyclic) bond motifs is 1. The zero-order chi connectivity index (χ0) is 13.5. The summed E-state index contributed by atoms with van der Waals surface area (Å²) in [6, 6.07) is 5.05. The van der Waals surface area contributed by atoms with Crippen molar-refractivity contribution < 1.29 is 18.3 Å². The van der Waals surface area contributed by atoms with Gasteiger partial charge in [0, 0.05) is 17.8 Å². The van der Waals surface area contributed by atoms with Gasteiger partial charge in [-0.25, -0.2) is 0 Å². The van der Waals surface area contributed by atoms with Gasteiger partial charge in [0.05, 0.1) is 0 Å². The monoisotopic (exact) mass is 270 g/mol. The van der Waals surface area contributed by atoms with Gasteiger partial charge < -0.3 is 20.5 Å². The van der Waals surface area contributed by atoms with Crippen LogP contribution in [0.25, 0.3) is 0 Å². The molecule has 104 valence electrons. The highest BCUT2D eigenvalue weighted by atomic mass is 19.3. The van der Waals surface area contributed by atoms with Crippen molar-refractivity contribution in [3.8, 4) is 11.5 Å². The van der Waals surface area contributed by atoms with E-state index in [2.05, 4.69) is 14.8 Å². The molecule has 19 heavy (non-hydrogen) atoms. The molecule has 1 aliphatic heterocycles. The van der Waals surface area contributed by atoms with Gasteiger partial charge in [0.2, 0.25) is 0 Å². The minimum atomic E-state index is -3.56. The zero-order valence-corrected chi connectivity index (χ0v) is 10.4. The fourth-order valence-electron chi connectivity index (χ4n) is 2.76. The zero-order valence-electron chi connectivity index (χ0n) is 10.4. The van der Waals surface area contributed by atoms with Crippen LogP contribution >= 0.6 is 0 Å². The maximum Gasteiger partial charge on any atom is 0.586 e. The molecule has 0 saturated heterocycles. The van der Waals surface area contributed by atoms with Crippen molar-refractivity contribution >= 4 is 5.69 Å². The average Bonchev–Trinajstić information content (AvgIpc) is 2.90. The Bertz CT molecular complexity index is 482. The maximum absolute atomic E-state index is 12.9. The van der Waals surface area contributed by atoms with Gasteiger partial charge in [-0.1, -0.05) is 6.42 Å². The predicted octanol–water partition coefficient (Wildman–Crippen LogP) is 2.55. The van der Waals surface area contributed by atoms with E-state index in [9.17, 15) is 8.78 Å². The Hall–Kier alpha value is -1.56. The van der Waals surface area contributed by atoms with Crippen LogP contribution in [0, 0.1) is 5.92 Å². The highest BCUT2D eigenvalue weighted by molar-refractivity contribution is 5.56. The van der Waals surface area contributed by atoms with Gasteiger partial charge in [-0.15, -0.1) is 8.78 Å². The fraction of sp³-hybridized carbons (Fsp3) is 0.538. The van der Waals surface area contributed by atoms with Crippen molar-refractivity contribution in [2.24, 2.45) is 11.7 Å². The van der Waals surface area contributed by atoms with Crippen LogP contribution in [0.2, 0.25) is 0 Å². The third kappa shape index (κ3) is 2.45. The second-order valence-corrected chi connectivity index (χ2v) is 5.01. The van der Waals surface area contributed by atoms with E-state index in [0.29, 0.717) is 18.5 Å². The van der Waals surface area contributed by atoms with Gasteiger partial charge >= 0.3 is 6.29 Å². The normalized spacial score (nSPS) is 27.5. The van der Waals surface area contributed by atoms with Gasteiger partial charge in [0.15, 0.2) is 11.5 Å². The van der Waals surface area contributed by atoms with E-state index >= 15 is 0 Å². The molecule has 2 aliphatic rings. The van der Waals surface area contributed by atoms with Crippen molar-refractivity contribution in [2.75, 3.05) is 11.9 Å².